The van der Waals surface area contributed by atoms with Gasteiger partial charge in [0, 0.05) is 22.3 Å². The molecular formula is C35H27NO4. The number of piperidine rings is 1. The molecule has 4 aromatic rings. The molecule has 1 aliphatic rings. The van der Waals surface area contributed by atoms with E-state index in [0.29, 0.717) is 22.3 Å². The Morgan fingerprint density at radius 1 is 0.625 bits per heavy atom. The summed E-state index contributed by atoms with van der Waals surface area (Å²) in [5.41, 5.74) is 4.65. The van der Waals surface area contributed by atoms with Crippen LogP contribution in [0.25, 0.3) is 18.2 Å². The summed E-state index contributed by atoms with van der Waals surface area (Å²) in [5, 5.41) is 9.40. The predicted molar refractivity (Wildman–Crippen MR) is 158 cm³/mol. The number of likely N-dealkylation sites (tertiary alicyclic amines) is 1. The Hall–Kier alpha value is -5.29. The van der Waals surface area contributed by atoms with Crippen molar-refractivity contribution in [3.8, 4) is 5.75 Å². The van der Waals surface area contributed by atoms with E-state index in [1.807, 2.05) is 72.8 Å². The maximum absolute atomic E-state index is 13.6. The van der Waals surface area contributed by atoms with Gasteiger partial charge in [-0.1, -0.05) is 78.9 Å². The van der Waals surface area contributed by atoms with Crippen LogP contribution in [0.15, 0.2) is 126 Å². The maximum atomic E-state index is 13.6. The first kappa shape index (κ1) is 26.3. The van der Waals surface area contributed by atoms with Crippen LogP contribution in [0, 0.1) is 0 Å². The zero-order valence-electron chi connectivity index (χ0n) is 21.7. The largest absolute Gasteiger partial charge is 0.508 e. The van der Waals surface area contributed by atoms with E-state index in [1.165, 1.54) is 18.2 Å². The third-order valence-corrected chi connectivity index (χ3v) is 6.61. The number of aromatic hydroxyl groups is 1. The first-order chi connectivity index (χ1) is 19.5. The molecule has 0 aliphatic carbocycles. The average Bonchev–Trinajstić information content (AvgIpc) is 2.99. The Bertz CT molecular complexity index is 1550. The molecule has 0 saturated carbocycles. The van der Waals surface area contributed by atoms with Gasteiger partial charge in [0.1, 0.15) is 5.75 Å². The van der Waals surface area contributed by atoms with Crippen LogP contribution < -0.4 is 0 Å². The van der Waals surface area contributed by atoms with Crippen LogP contribution in [-0.4, -0.2) is 40.6 Å². The molecule has 5 rings (SSSR count). The van der Waals surface area contributed by atoms with Crippen LogP contribution in [-0.2, 0) is 4.79 Å². The number of phenolic OH excluding ortho intramolecular Hbond substituents is 1. The van der Waals surface area contributed by atoms with Gasteiger partial charge in [-0.05, 0) is 71.3 Å². The minimum atomic E-state index is -0.186. The van der Waals surface area contributed by atoms with Crippen molar-refractivity contribution in [2.45, 2.75) is 0 Å². The van der Waals surface area contributed by atoms with Gasteiger partial charge in [-0.3, -0.25) is 14.4 Å². The summed E-state index contributed by atoms with van der Waals surface area (Å²) in [5.74, 6) is -0.325. The lowest BCUT2D eigenvalue weighted by Crippen LogP contribution is -2.41. The maximum Gasteiger partial charge on any atom is 0.254 e. The molecule has 5 heteroatoms. The van der Waals surface area contributed by atoms with Crippen molar-refractivity contribution in [3.05, 3.63) is 154 Å². The molecule has 0 bridgehead atoms. The topological polar surface area (TPSA) is 74.7 Å². The average molecular weight is 526 g/mol. The number of nitrogens with zero attached hydrogens (tertiary/aromatic N) is 1. The van der Waals surface area contributed by atoms with Crippen molar-refractivity contribution < 1.29 is 19.5 Å². The monoisotopic (exact) mass is 525 g/mol. The third kappa shape index (κ3) is 6.40. The van der Waals surface area contributed by atoms with Crippen LogP contribution in [0.2, 0.25) is 0 Å². The van der Waals surface area contributed by atoms with E-state index < -0.39 is 0 Å². The lowest BCUT2D eigenvalue weighted by atomic mass is 9.93. The summed E-state index contributed by atoms with van der Waals surface area (Å²) in [6.45, 7) is 0.420. The summed E-state index contributed by atoms with van der Waals surface area (Å²) in [7, 11) is 0. The van der Waals surface area contributed by atoms with Gasteiger partial charge in [-0.25, -0.2) is 0 Å². The minimum absolute atomic E-state index is 0.0597. The molecule has 0 atom stereocenters. The Balaban J connectivity index is 1.37. The van der Waals surface area contributed by atoms with Crippen molar-refractivity contribution in [3.63, 3.8) is 0 Å². The van der Waals surface area contributed by atoms with Gasteiger partial charge in [0.2, 0.25) is 0 Å². The molecule has 40 heavy (non-hydrogen) atoms. The molecule has 5 nitrogen and oxygen atoms in total. The Labute approximate surface area is 233 Å². The number of hydrogen-bond donors (Lipinski definition) is 1. The van der Waals surface area contributed by atoms with Gasteiger partial charge in [0.15, 0.2) is 11.6 Å². The normalized spacial score (nSPS) is 15.6. The third-order valence-electron chi connectivity index (χ3n) is 6.61. The molecule has 0 aromatic heterocycles. The van der Waals surface area contributed by atoms with Gasteiger partial charge in [-0.2, -0.15) is 0 Å². The number of ketones is 2. The van der Waals surface area contributed by atoms with Crippen LogP contribution >= 0.6 is 0 Å². The SMILES string of the molecule is O=C1/C(=C/c2ccccc2)CN(C(=O)c2ccc(/C=C/C(=O)c3ccc(O)cc3)cc2)C/C1=C\c1ccccc1. The van der Waals surface area contributed by atoms with E-state index in [1.54, 1.807) is 47.4 Å². The highest BCUT2D eigenvalue weighted by molar-refractivity contribution is 6.16. The number of allylic oxidation sites excluding steroid dienone is 1. The van der Waals surface area contributed by atoms with Gasteiger partial charge in [-0.15, -0.1) is 0 Å². The van der Waals surface area contributed by atoms with Crippen molar-refractivity contribution >= 4 is 35.7 Å². The summed E-state index contributed by atoms with van der Waals surface area (Å²) in [6, 6.07) is 32.3. The number of carbonyl (C=O) groups excluding carboxylic acids is 3. The number of Topliss-reactive ketones (excluding diaryl/α,β-unsaturated/α-hetero) is 1. The summed E-state index contributed by atoms with van der Waals surface area (Å²) in [6.07, 6.45) is 6.84. The van der Waals surface area contributed by atoms with Crippen LogP contribution in [0.4, 0.5) is 0 Å². The fourth-order valence-electron chi connectivity index (χ4n) is 4.50. The number of phenols is 1. The number of rotatable bonds is 6. The lowest BCUT2D eigenvalue weighted by Gasteiger charge is -2.30. The number of amides is 1. The van der Waals surface area contributed by atoms with E-state index >= 15 is 0 Å². The van der Waals surface area contributed by atoms with Gasteiger partial charge in [0.05, 0.1) is 13.1 Å². The molecule has 1 saturated heterocycles. The standard InChI is InChI=1S/C35H27NO4/c37-32-18-16-28(17-19-32)33(38)20-13-25-11-14-29(15-12-25)35(40)36-23-30(21-26-7-3-1-4-8-26)34(39)31(24-36)22-27-9-5-2-6-10-27/h1-22,37H,23-24H2/b20-13+,30-21+,31-22+. The van der Waals surface area contributed by atoms with Crippen molar-refractivity contribution in [2.24, 2.45) is 0 Å². The number of hydrogen-bond acceptors (Lipinski definition) is 4. The van der Waals surface area contributed by atoms with E-state index in [0.717, 1.165) is 16.7 Å². The molecule has 1 aliphatic heterocycles. The van der Waals surface area contributed by atoms with E-state index in [-0.39, 0.29) is 36.3 Å². The fraction of sp³-hybridized carbons (Fsp3) is 0.0571. The molecule has 196 valence electrons. The zero-order valence-corrected chi connectivity index (χ0v) is 21.7. The molecule has 0 unspecified atom stereocenters. The minimum Gasteiger partial charge on any atom is -0.508 e. The molecule has 1 heterocycles. The Kier molecular flexibility index (Phi) is 7.93. The zero-order chi connectivity index (χ0) is 27.9. The fourth-order valence-corrected chi connectivity index (χ4v) is 4.50. The van der Waals surface area contributed by atoms with E-state index in [4.69, 9.17) is 0 Å². The highest BCUT2D eigenvalue weighted by Gasteiger charge is 2.29. The highest BCUT2D eigenvalue weighted by Crippen LogP contribution is 2.24. The van der Waals surface area contributed by atoms with Crippen molar-refractivity contribution in [2.75, 3.05) is 13.1 Å². The molecular weight excluding hydrogens is 498 g/mol. The second kappa shape index (κ2) is 12.0. The predicted octanol–water partition coefficient (Wildman–Crippen LogP) is 6.48. The molecule has 1 amide bonds. The Morgan fingerprint density at radius 3 is 1.65 bits per heavy atom. The summed E-state index contributed by atoms with van der Waals surface area (Å²) in [4.78, 5) is 41.0. The van der Waals surface area contributed by atoms with Crippen LogP contribution in [0.1, 0.15) is 37.4 Å². The first-order valence-corrected chi connectivity index (χ1v) is 12.9. The molecule has 1 fully saturated rings. The quantitative estimate of drug-likeness (QED) is 0.231. The molecule has 0 spiro atoms. The van der Waals surface area contributed by atoms with Crippen molar-refractivity contribution in [1.82, 2.24) is 4.90 Å². The first-order valence-electron chi connectivity index (χ1n) is 12.9. The number of carbonyl (C=O) groups is 3. The van der Waals surface area contributed by atoms with Crippen molar-refractivity contribution in [1.29, 1.82) is 0 Å². The summed E-state index contributed by atoms with van der Waals surface area (Å²) < 4.78 is 0. The second-order valence-corrected chi connectivity index (χ2v) is 9.52. The van der Waals surface area contributed by atoms with Gasteiger partial charge < -0.3 is 10.0 Å². The molecule has 0 radical (unpaired) electrons. The van der Waals surface area contributed by atoms with E-state index in [2.05, 4.69) is 0 Å². The van der Waals surface area contributed by atoms with Gasteiger partial charge >= 0.3 is 0 Å². The number of benzene rings is 4. The molecule has 1 N–H and O–H groups in total. The second-order valence-electron chi connectivity index (χ2n) is 9.52. The van der Waals surface area contributed by atoms with Crippen LogP contribution in [0.5, 0.6) is 5.75 Å². The smallest absolute Gasteiger partial charge is 0.254 e. The molecule has 4 aromatic carbocycles. The van der Waals surface area contributed by atoms with Crippen LogP contribution in [0.3, 0.4) is 0 Å². The summed E-state index contributed by atoms with van der Waals surface area (Å²) >= 11 is 0. The highest BCUT2D eigenvalue weighted by atomic mass is 16.3. The Morgan fingerprint density at radius 2 is 1.12 bits per heavy atom. The van der Waals surface area contributed by atoms with E-state index in [9.17, 15) is 19.5 Å². The van der Waals surface area contributed by atoms with Gasteiger partial charge in [0.25, 0.3) is 5.91 Å². The lowest BCUT2D eigenvalue weighted by molar-refractivity contribution is -0.113.